The van der Waals surface area contributed by atoms with Crippen LogP contribution in [0.4, 0.5) is 5.69 Å². The van der Waals surface area contributed by atoms with Crippen molar-refractivity contribution < 1.29 is 19.5 Å². The monoisotopic (exact) mass is 362 g/mol. The van der Waals surface area contributed by atoms with Crippen LogP contribution >= 0.6 is 11.6 Å². The maximum absolute atomic E-state index is 12.3. The molecule has 0 radical (unpaired) electrons. The lowest BCUT2D eigenvalue weighted by Gasteiger charge is -2.14. The van der Waals surface area contributed by atoms with Crippen molar-refractivity contribution in [2.75, 3.05) is 11.9 Å². The highest BCUT2D eigenvalue weighted by atomic mass is 35.5. The van der Waals surface area contributed by atoms with Crippen LogP contribution in [0.3, 0.4) is 0 Å². The summed E-state index contributed by atoms with van der Waals surface area (Å²) in [6.45, 7) is 0.236. The fourth-order valence-corrected chi connectivity index (χ4v) is 3.48. The minimum Gasteiger partial charge on any atom is -0.506 e. The van der Waals surface area contributed by atoms with Crippen LogP contribution in [0.5, 0.6) is 5.75 Å². The topological polar surface area (TPSA) is 86.7 Å². The van der Waals surface area contributed by atoms with Gasteiger partial charge in [-0.1, -0.05) is 23.8 Å². The number of allylic oxidation sites excluding steroid dienone is 2. The first-order valence-electron chi connectivity index (χ1n) is 8.26. The molecule has 0 bridgehead atoms. The lowest BCUT2D eigenvalue weighted by Crippen LogP contribution is -2.32. The van der Waals surface area contributed by atoms with Crippen LogP contribution < -0.4 is 5.32 Å². The predicted octanol–water partition coefficient (Wildman–Crippen LogP) is 2.72. The molecule has 2 atom stereocenters. The van der Waals surface area contributed by atoms with Crippen molar-refractivity contribution in [2.45, 2.75) is 25.7 Å². The molecule has 3 rings (SSSR count). The van der Waals surface area contributed by atoms with Crippen molar-refractivity contribution in [1.82, 2.24) is 4.90 Å². The Bertz CT molecular complexity index is 721. The molecule has 1 aromatic carbocycles. The highest BCUT2D eigenvalue weighted by Crippen LogP contribution is 2.35. The van der Waals surface area contributed by atoms with E-state index in [1.807, 2.05) is 12.2 Å². The average molecular weight is 363 g/mol. The normalized spacial score (nSPS) is 22.2. The Hall–Kier alpha value is -2.34. The summed E-state index contributed by atoms with van der Waals surface area (Å²) >= 11 is 5.83. The van der Waals surface area contributed by atoms with E-state index in [9.17, 15) is 19.5 Å². The van der Waals surface area contributed by atoms with Gasteiger partial charge >= 0.3 is 0 Å². The zero-order valence-electron chi connectivity index (χ0n) is 13.6. The van der Waals surface area contributed by atoms with Gasteiger partial charge in [0.1, 0.15) is 5.75 Å². The summed E-state index contributed by atoms with van der Waals surface area (Å²) < 4.78 is 0. The van der Waals surface area contributed by atoms with E-state index in [4.69, 9.17) is 11.6 Å². The molecule has 0 spiro atoms. The zero-order chi connectivity index (χ0) is 18.0. The molecule has 7 heteroatoms. The van der Waals surface area contributed by atoms with Gasteiger partial charge in [0.05, 0.1) is 17.5 Å². The summed E-state index contributed by atoms with van der Waals surface area (Å²) in [6.07, 6.45) is 5.62. The fourth-order valence-electron chi connectivity index (χ4n) is 3.31. The van der Waals surface area contributed by atoms with E-state index in [0.717, 1.165) is 0 Å². The third kappa shape index (κ3) is 3.69. The Balaban J connectivity index is 1.51. The Morgan fingerprint density at radius 2 is 1.84 bits per heavy atom. The van der Waals surface area contributed by atoms with Crippen molar-refractivity contribution >= 4 is 35.0 Å². The predicted molar refractivity (Wildman–Crippen MR) is 93.1 cm³/mol. The second-order valence-electron chi connectivity index (χ2n) is 6.30. The first kappa shape index (κ1) is 17.5. The molecule has 1 saturated heterocycles. The number of benzene rings is 1. The van der Waals surface area contributed by atoms with E-state index in [-0.39, 0.29) is 54.0 Å². The SMILES string of the molecule is O=C(CCCN1C(=O)[C@H]2CC=CC[C@@H]2C1=O)Nc1cc(Cl)ccc1O. The van der Waals surface area contributed by atoms with Crippen LogP contribution in [0.2, 0.25) is 5.02 Å². The number of imide groups is 1. The zero-order valence-corrected chi connectivity index (χ0v) is 14.3. The molecular formula is C18H19ClN2O4. The van der Waals surface area contributed by atoms with Gasteiger partial charge in [0.2, 0.25) is 17.7 Å². The van der Waals surface area contributed by atoms with Gasteiger partial charge in [0.25, 0.3) is 0 Å². The molecular weight excluding hydrogens is 344 g/mol. The first-order valence-corrected chi connectivity index (χ1v) is 8.63. The smallest absolute Gasteiger partial charge is 0.233 e. The number of carbonyl (C=O) groups is 3. The summed E-state index contributed by atoms with van der Waals surface area (Å²) in [5.74, 6) is -1.13. The molecule has 6 nitrogen and oxygen atoms in total. The molecule has 0 aromatic heterocycles. The molecule has 1 aromatic rings. The summed E-state index contributed by atoms with van der Waals surface area (Å²) in [4.78, 5) is 37.9. The van der Waals surface area contributed by atoms with E-state index in [2.05, 4.69) is 5.32 Å². The maximum atomic E-state index is 12.3. The molecule has 0 saturated carbocycles. The lowest BCUT2D eigenvalue weighted by atomic mass is 9.85. The maximum Gasteiger partial charge on any atom is 0.233 e. The summed E-state index contributed by atoms with van der Waals surface area (Å²) in [5.41, 5.74) is 0.239. The number of halogens is 1. The average Bonchev–Trinajstić information content (AvgIpc) is 2.83. The molecule has 1 fully saturated rings. The molecule has 1 aliphatic carbocycles. The largest absolute Gasteiger partial charge is 0.506 e. The van der Waals surface area contributed by atoms with Crippen molar-refractivity contribution in [2.24, 2.45) is 11.8 Å². The molecule has 3 amide bonds. The molecule has 1 heterocycles. The van der Waals surface area contributed by atoms with Gasteiger partial charge in [-0.3, -0.25) is 19.3 Å². The Kier molecular flexibility index (Phi) is 5.08. The molecule has 25 heavy (non-hydrogen) atoms. The van der Waals surface area contributed by atoms with Gasteiger partial charge in [-0.25, -0.2) is 0 Å². The number of hydrogen-bond donors (Lipinski definition) is 2. The number of amides is 3. The molecule has 1 aliphatic heterocycles. The number of aromatic hydroxyl groups is 1. The van der Waals surface area contributed by atoms with Crippen LogP contribution in [0.1, 0.15) is 25.7 Å². The minimum atomic E-state index is -0.309. The second kappa shape index (κ2) is 7.27. The summed E-state index contributed by atoms with van der Waals surface area (Å²) in [7, 11) is 0. The van der Waals surface area contributed by atoms with E-state index in [0.29, 0.717) is 24.3 Å². The molecule has 132 valence electrons. The van der Waals surface area contributed by atoms with E-state index < -0.39 is 0 Å². The number of hydrogen-bond acceptors (Lipinski definition) is 4. The number of nitrogens with one attached hydrogen (secondary N) is 1. The number of nitrogens with zero attached hydrogens (tertiary/aromatic N) is 1. The highest BCUT2D eigenvalue weighted by molar-refractivity contribution is 6.31. The Morgan fingerprint density at radius 3 is 2.48 bits per heavy atom. The number of likely N-dealkylation sites (tertiary alicyclic amines) is 1. The Morgan fingerprint density at radius 1 is 1.20 bits per heavy atom. The second-order valence-corrected chi connectivity index (χ2v) is 6.73. The van der Waals surface area contributed by atoms with Crippen molar-refractivity contribution in [3.8, 4) is 5.75 Å². The third-order valence-electron chi connectivity index (χ3n) is 4.62. The molecule has 0 unspecified atom stereocenters. The van der Waals surface area contributed by atoms with E-state index in [1.165, 1.54) is 23.1 Å². The number of anilines is 1. The van der Waals surface area contributed by atoms with Crippen LogP contribution in [0.15, 0.2) is 30.4 Å². The third-order valence-corrected chi connectivity index (χ3v) is 4.85. The number of phenolic OH excluding ortho intramolecular Hbond substituents is 1. The van der Waals surface area contributed by atoms with Crippen LogP contribution in [-0.4, -0.2) is 34.3 Å². The standard InChI is InChI=1S/C18H19ClN2O4/c19-11-7-8-15(22)14(10-11)20-16(23)6-3-9-21-17(24)12-4-1-2-5-13(12)18(21)25/h1-2,7-8,10,12-13,22H,3-6,9H2,(H,20,23)/t12-,13-/m0/s1. The van der Waals surface area contributed by atoms with Crippen LogP contribution in [0.25, 0.3) is 0 Å². The highest BCUT2D eigenvalue weighted by Gasteiger charge is 2.46. The fraction of sp³-hybridized carbons (Fsp3) is 0.389. The van der Waals surface area contributed by atoms with E-state index in [1.54, 1.807) is 0 Å². The van der Waals surface area contributed by atoms with Crippen LogP contribution in [-0.2, 0) is 14.4 Å². The lowest BCUT2D eigenvalue weighted by molar-refractivity contribution is -0.140. The Labute approximate surface area is 150 Å². The van der Waals surface area contributed by atoms with Crippen molar-refractivity contribution in [3.63, 3.8) is 0 Å². The quantitative estimate of drug-likeness (QED) is 0.479. The van der Waals surface area contributed by atoms with Gasteiger partial charge in [-0.15, -0.1) is 0 Å². The van der Waals surface area contributed by atoms with Gasteiger partial charge in [0, 0.05) is 18.0 Å². The summed E-state index contributed by atoms with van der Waals surface area (Å²) in [5, 5.41) is 12.7. The van der Waals surface area contributed by atoms with E-state index >= 15 is 0 Å². The van der Waals surface area contributed by atoms with Crippen molar-refractivity contribution in [1.29, 1.82) is 0 Å². The van der Waals surface area contributed by atoms with Gasteiger partial charge < -0.3 is 10.4 Å². The number of carbonyl (C=O) groups excluding carboxylic acids is 3. The first-order chi connectivity index (χ1) is 12.0. The number of phenols is 1. The van der Waals surface area contributed by atoms with Gasteiger partial charge in [-0.05, 0) is 37.5 Å². The van der Waals surface area contributed by atoms with Crippen LogP contribution in [0, 0.1) is 11.8 Å². The van der Waals surface area contributed by atoms with Crippen molar-refractivity contribution in [3.05, 3.63) is 35.4 Å². The summed E-state index contributed by atoms with van der Waals surface area (Å²) in [6, 6.07) is 4.38. The van der Waals surface area contributed by atoms with Gasteiger partial charge in [-0.2, -0.15) is 0 Å². The number of fused-ring (bicyclic) bond motifs is 1. The minimum absolute atomic E-state index is 0.0702. The number of rotatable bonds is 5. The molecule has 2 aliphatic rings. The van der Waals surface area contributed by atoms with Gasteiger partial charge in [0.15, 0.2) is 0 Å². The molecule has 2 N–H and O–H groups in total.